The maximum absolute atomic E-state index is 12.8. The lowest BCUT2D eigenvalue weighted by molar-refractivity contribution is -0.151. The Morgan fingerprint density at radius 1 is 1.20 bits per heavy atom. The Morgan fingerprint density at radius 3 is 2.35 bits per heavy atom. The second kappa shape index (κ2) is 5.72. The molecule has 1 atom stereocenters. The van der Waals surface area contributed by atoms with Gasteiger partial charge in [-0.05, 0) is 32.7 Å². The average Bonchev–Trinajstić information content (AvgIpc) is 2.85. The standard InChI is InChI=1S/C15H26N2O3/c1-14(8-9-16-11-14)13(20)17(2)15(10-12(18)19)6-4-3-5-7-15/h16H,3-11H2,1-2H3,(H,18,19). The minimum absolute atomic E-state index is 0.0682. The van der Waals surface area contributed by atoms with Crippen molar-refractivity contribution < 1.29 is 14.7 Å². The number of carboxylic acid groups (broad SMARTS) is 1. The summed E-state index contributed by atoms with van der Waals surface area (Å²) < 4.78 is 0. The van der Waals surface area contributed by atoms with E-state index < -0.39 is 11.5 Å². The predicted molar refractivity (Wildman–Crippen MR) is 76.4 cm³/mol. The van der Waals surface area contributed by atoms with Gasteiger partial charge in [0, 0.05) is 13.6 Å². The highest BCUT2D eigenvalue weighted by molar-refractivity contribution is 5.84. The van der Waals surface area contributed by atoms with Crippen LogP contribution in [0.25, 0.3) is 0 Å². The number of aliphatic carboxylic acids is 1. The van der Waals surface area contributed by atoms with E-state index in [4.69, 9.17) is 0 Å². The third kappa shape index (κ3) is 2.82. The van der Waals surface area contributed by atoms with Gasteiger partial charge in [0.25, 0.3) is 0 Å². The van der Waals surface area contributed by atoms with E-state index in [1.165, 1.54) is 0 Å². The summed E-state index contributed by atoms with van der Waals surface area (Å²) in [5, 5.41) is 12.5. The molecule has 0 aromatic carbocycles. The molecular weight excluding hydrogens is 256 g/mol. The molecule has 5 heteroatoms. The molecule has 2 rings (SSSR count). The van der Waals surface area contributed by atoms with E-state index in [2.05, 4.69) is 5.32 Å². The average molecular weight is 282 g/mol. The number of carbonyl (C=O) groups is 2. The molecular formula is C15H26N2O3. The van der Waals surface area contributed by atoms with Gasteiger partial charge in [-0.15, -0.1) is 0 Å². The number of nitrogens with zero attached hydrogens (tertiary/aromatic N) is 1. The van der Waals surface area contributed by atoms with Gasteiger partial charge >= 0.3 is 5.97 Å². The van der Waals surface area contributed by atoms with Gasteiger partial charge < -0.3 is 15.3 Å². The fourth-order valence-electron chi connectivity index (χ4n) is 3.74. The van der Waals surface area contributed by atoms with Crippen LogP contribution < -0.4 is 5.32 Å². The molecule has 1 saturated heterocycles. The van der Waals surface area contributed by atoms with Gasteiger partial charge in [0.15, 0.2) is 0 Å². The topological polar surface area (TPSA) is 69.6 Å². The number of hydrogen-bond acceptors (Lipinski definition) is 3. The van der Waals surface area contributed by atoms with Crippen LogP contribution in [-0.4, -0.2) is 47.6 Å². The normalized spacial score (nSPS) is 29.1. The molecule has 114 valence electrons. The summed E-state index contributed by atoms with van der Waals surface area (Å²) >= 11 is 0. The first-order valence-corrected chi connectivity index (χ1v) is 7.60. The van der Waals surface area contributed by atoms with E-state index in [0.717, 1.165) is 45.1 Å². The Bertz CT molecular complexity index is 383. The molecule has 0 aromatic rings. The summed E-state index contributed by atoms with van der Waals surface area (Å²) in [4.78, 5) is 25.9. The van der Waals surface area contributed by atoms with Gasteiger partial charge in [0.1, 0.15) is 0 Å². The monoisotopic (exact) mass is 282 g/mol. The second-order valence-corrected chi connectivity index (χ2v) is 6.71. The molecule has 1 aliphatic heterocycles. The summed E-state index contributed by atoms with van der Waals surface area (Å²) in [5.41, 5.74) is -0.857. The molecule has 0 spiro atoms. The lowest BCUT2D eigenvalue weighted by Crippen LogP contribution is -2.56. The van der Waals surface area contributed by atoms with Crippen molar-refractivity contribution in [3.8, 4) is 0 Å². The lowest BCUT2D eigenvalue weighted by atomic mass is 9.76. The van der Waals surface area contributed by atoms with E-state index in [1.807, 2.05) is 6.92 Å². The number of hydrogen-bond donors (Lipinski definition) is 2. The minimum atomic E-state index is -0.804. The van der Waals surface area contributed by atoms with Crippen LogP contribution in [0.3, 0.4) is 0 Å². The van der Waals surface area contributed by atoms with Gasteiger partial charge in [-0.2, -0.15) is 0 Å². The Morgan fingerprint density at radius 2 is 1.85 bits per heavy atom. The van der Waals surface area contributed by atoms with Crippen LogP contribution in [0.1, 0.15) is 51.9 Å². The number of rotatable bonds is 4. The Labute approximate surface area is 120 Å². The Balaban J connectivity index is 2.19. The summed E-state index contributed by atoms with van der Waals surface area (Å²) in [7, 11) is 1.81. The Hall–Kier alpha value is -1.10. The SMILES string of the molecule is CN(C(=O)C1(C)CCNC1)C1(CC(=O)O)CCCCC1. The molecule has 1 amide bonds. The molecule has 0 bridgehead atoms. The highest BCUT2D eigenvalue weighted by Crippen LogP contribution is 2.39. The maximum atomic E-state index is 12.8. The first kappa shape index (κ1) is 15.3. The van der Waals surface area contributed by atoms with Crippen LogP contribution in [0.15, 0.2) is 0 Å². The van der Waals surface area contributed by atoms with Crippen molar-refractivity contribution in [2.45, 2.75) is 57.4 Å². The number of amides is 1. The molecule has 2 N–H and O–H groups in total. The van der Waals surface area contributed by atoms with Gasteiger partial charge in [-0.3, -0.25) is 9.59 Å². The van der Waals surface area contributed by atoms with Crippen molar-refractivity contribution in [1.82, 2.24) is 10.2 Å². The minimum Gasteiger partial charge on any atom is -0.481 e. The van der Waals surface area contributed by atoms with Crippen molar-refractivity contribution in [1.29, 1.82) is 0 Å². The third-order valence-corrected chi connectivity index (χ3v) is 5.17. The van der Waals surface area contributed by atoms with Crippen molar-refractivity contribution >= 4 is 11.9 Å². The fourth-order valence-corrected chi connectivity index (χ4v) is 3.74. The molecule has 2 aliphatic rings. The zero-order chi connectivity index (χ0) is 14.8. The van der Waals surface area contributed by atoms with Gasteiger partial charge in [0.05, 0.1) is 17.4 Å². The number of carbonyl (C=O) groups excluding carboxylic acids is 1. The zero-order valence-corrected chi connectivity index (χ0v) is 12.6. The highest BCUT2D eigenvalue weighted by Gasteiger charge is 2.46. The summed E-state index contributed by atoms with van der Waals surface area (Å²) in [6.07, 6.45) is 5.69. The molecule has 1 heterocycles. The molecule has 2 fully saturated rings. The second-order valence-electron chi connectivity index (χ2n) is 6.71. The fraction of sp³-hybridized carbons (Fsp3) is 0.867. The van der Waals surface area contributed by atoms with E-state index in [-0.39, 0.29) is 17.7 Å². The van der Waals surface area contributed by atoms with Gasteiger partial charge in [-0.25, -0.2) is 0 Å². The summed E-state index contributed by atoms with van der Waals surface area (Å²) in [6.45, 7) is 3.55. The van der Waals surface area contributed by atoms with Gasteiger partial charge in [-0.1, -0.05) is 19.3 Å². The van der Waals surface area contributed by atoms with Crippen molar-refractivity contribution in [3.05, 3.63) is 0 Å². The van der Waals surface area contributed by atoms with Crippen molar-refractivity contribution in [2.75, 3.05) is 20.1 Å². The molecule has 20 heavy (non-hydrogen) atoms. The number of nitrogens with one attached hydrogen (secondary N) is 1. The molecule has 1 unspecified atom stereocenters. The first-order valence-electron chi connectivity index (χ1n) is 7.60. The van der Waals surface area contributed by atoms with Crippen molar-refractivity contribution in [2.24, 2.45) is 5.41 Å². The lowest BCUT2D eigenvalue weighted by Gasteiger charge is -2.46. The van der Waals surface area contributed by atoms with Gasteiger partial charge in [0.2, 0.25) is 5.91 Å². The van der Waals surface area contributed by atoms with Crippen LogP contribution in [0.4, 0.5) is 0 Å². The molecule has 0 aromatic heterocycles. The first-order chi connectivity index (χ1) is 9.40. The third-order valence-electron chi connectivity index (χ3n) is 5.17. The molecule has 1 aliphatic carbocycles. The smallest absolute Gasteiger partial charge is 0.305 e. The van der Waals surface area contributed by atoms with E-state index in [9.17, 15) is 14.7 Å². The van der Waals surface area contributed by atoms with Crippen molar-refractivity contribution in [3.63, 3.8) is 0 Å². The quantitative estimate of drug-likeness (QED) is 0.822. The van der Waals surface area contributed by atoms with Crippen LogP contribution in [0, 0.1) is 5.41 Å². The molecule has 1 saturated carbocycles. The number of carboxylic acids is 1. The largest absolute Gasteiger partial charge is 0.481 e. The zero-order valence-electron chi connectivity index (χ0n) is 12.6. The van der Waals surface area contributed by atoms with E-state index in [1.54, 1.807) is 11.9 Å². The maximum Gasteiger partial charge on any atom is 0.305 e. The summed E-state index contributed by atoms with van der Waals surface area (Å²) in [6, 6.07) is 0. The predicted octanol–water partition coefficient (Wildman–Crippen LogP) is 1.62. The summed E-state index contributed by atoms with van der Waals surface area (Å²) in [5.74, 6) is -0.702. The van der Waals surface area contributed by atoms with Crippen LogP contribution >= 0.6 is 0 Å². The van der Waals surface area contributed by atoms with Crippen LogP contribution in [-0.2, 0) is 9.59 Å². The highest BCUT2D eigenvalue weighted by atomic mass is 16.4. The molecule has 5 nitrogen and oxygen atoms in total. The Kier molecular flexibility index (Phi) is 4.37. The van der Waals surface area contributed by atoms with E-state index >= 15 is 0 Å². The van der Waals surface area contributed by atoms with E-state index in [0.29, 0.717) is 6.54 Å². The molecule has 0 radical (unpaired) electrons. The van der Waals surface area contributed by atoms with Crippen LogP contribution in [0.5, 0.6) is 0 Å². The van der Waals surface area contributed by atoms with Crippen LogP contribution in [0.2, 0.25) is 0 Å².